The van der Waals surface area contributed by atoms with Gasteiger partial charge in [-0.2, -0.15) is 0 Å². The Labute approximate surface area is 195 Å². The Bertz CT molecular complexity index is 1260. The number of hydrogen-bond acceptors (Lipinski definition) is 6. The summed E-state index contributed by atoms with van der Waals surface area (Å²) in [6.07, 6.45) is 0. The number of furan rings is 1. The second kappa shape index (κ2) is 9.03. The summed E-state index contributed by atoms with van der Waals surface area (Å²) in [4.78, 5) is 27.6. The van der Waals surface area contributed by atoms with Gasteiger partial charge in [0.05, 0.1) is 31.4 Å². The highest BCUT2D eigenvalue weighted by Gasteiger charge is 2.47. The number of benzene rings is 2. The summed E-state index contributed by atoms with van der Waals surface area (Å²) in [5.41, 5.74) is 0.914. The van der Waals surface area contributed by atoms with Crippen LogP contribution in [0.2, 0.25) is 5.02 Å². The van der Waals surface area contributed by atoms with E-state index in [2.05, 4.69) is 0 Å². The highest BCUT2D eigenvalue weighted by atomic mass is 35.5. The lowest BCUT2D eigenvalue weighted by molar-refractivity contribution is -0.140. The molecule has 2 aromatic carbocycles. The van der Waals surface area contributed by atoms with Crippen molar-refractivity contribution in [1.29, 1.82) is 0 Å². The minimum absolute atomic E-state index is 0.0783. The Morgan fingerprint density at radius 3 is 2.42 bits per heavy atom. The molecule has 1 aliphatic heterocycles. The largest absolute Gasteiger partial charge is 0.507 e. The van der Waals surface area contributed by atoms with Gasteiger partial charge in [0.15, 0.2) is 0 Å². The third-order valence-corrected chi connectivity index (χ3v) is 5.82. The molecule has 1 saturated heterocycles. The molecule has 0 saturated carbocycles. The van der Waals surface area contributed by atoms with Crippen molar-refractivity contribution >= 4 is 29.1 Å². The van der Waals surface area contributed by atoms with E-state index in [0.717, 1.165) is 0 Å². The third kappa shape index (κ3) is 4.07. The predicted molar refractivity (Wildman–Crippen MR) is 122 cm³/mol. The summed E-state index contributed by atoms with van der Waals surface area (Å²) in [5, 5.41) is 11.4. The molecule has 2 heterocycles. The zero-order chi connectivity index (χ0) is 23.7. The number of para-hydroxylation sites is 1. The van der Waals surface area contributed by atoms with Crippen LogP contribution in [0.4, 0.5) is 0 Å². The van der Waals surface area contributed by atoms with Crippen molar-refractivity contribution in [1.82, 2.24) is 4.90 Å². The number of ketones is 1. The van der Waals surface area contributed by atoms with E-state index in [1.807, 2.05) is 18.2 Å². The van der Waals surface area contributed by atoms with E-state index >= 15 is 0 Å². The van der Waals surface area contributed by atoms with E-state index in [0.29, 0.717) is 28.6 Å². The average molecular weight is 468 g/mol. The maximum atomic E-state index is 13.1. The molecule has 1 unspecified atom stereocenters. The summed E-state index contributed by atoms with van der Waals surface area (Å²) in [6, 6.07) is 14.4. The highest BCUT2D eigenvalue weighted by molar-refractivity contribution is 6.46. The van der Waals surface area contributed by atoms with Crippen LogP contribution in [0.15, 0.2) is 64.6 Å². The number of rotatable bonds is 6. The van der Waals surface area contributed by atoms with Crippen LogP contribution in [0.5, 0.6) is 11.5 Å². The van der Waals surface area contributed by atoms with Crippen molar-refractivity contribution in [3.63, 3.8) is 0 Å². The van der Waals surface area contributed by atoms with Gasteiger partial charge in [-0.25, -0.2) is 0 Å². The number of aryl methyl sites for hydroxylation is 1. The van der Waals surface area contributed by atoms with Crippen LogP contribution in [0, 0.1) is 6.92 Å². The van der Waals surface area contributed by atoms with E-state index in [1.54, 1.807) is 37.3 Å². The number of amides is 1. The maximum Gasteiger partial charge on any atom is 0.296 e. The maximum absolute atomic E-state index is 13.1. The SMILES string of the molecule is COc1ccc(/C(O)=C2\C(=O)C(=O)N(Cc3ccccc3OC)C2c2ccc(C)o2)cc1Cl. The Hall–Kier alpha value is -3.71. The van der Waals surface area contributed by atoms with Gasteiger partial charge in [0.25, 0.3) is 11.7 Å². The molecule has 1 amide bonds. The zero-order valence-corrected chi connectivity index (χ0v) is 19.1. The van der Waals surface area contributed by atoms with Crippen molar-refractivity contribution in [2.75, 3.05) is 14.2 Å². The molecule has 1 N–H and O–H groups in total. The molecule has 0 bridgehead atoms. The van der Waals surface area contributed by atoms with Gasteiger partial charge in [0.2, 0.25) is 0 Å². The minimum Gasteiger partial charge on any atom is -0.507 e. The van der Waals surface area contributed by atoms with Crippen molar-refractivity contribution < 1.29 is 28.6 Å². The van der Waals surface area contributed by atoms with Crippen molar-refractivity contribution in [2.45, 2.75) is 19.5 Å². The highest BCUT2D eigenvalue weighted by Crippen LogP contribution is 2.42. The Morgan fingerprint density at radius 2 is 1.79 bits per heavy atom. The predicted octanol–water partition coefficient (Wildman–Crippen LogP) is 4.88. The Balaban J connectivity index is 1.85. The molecule has 0 radical (unpaired) electrons. The molecule has 1 aromatic heterocycles. The smallest absolute Gasteiger partial charge is 0.296 e. The first-order chi connectivity index (χ1) is 15.8. The summed E-state index contributed by atoms with van der Waals surface area (Å²) in [6.45, 7) is 1.85. The second-order valence-corrected chi connectivity index (χ2v) is 7.94. The Morgan fingerprint density at radius 1 is 1.06 bits per heavy atom. The first kappa shape index (κ1) is 22.5. The lowest BCUT2D eigenvalue weighted by Crippen LogP contribution is -2.29. The molecule has 1 aliphatic rings. The monoisotopic (exact) mass is 467 g/mol. The first-order valence-electron chi connectivity index (χ1n) is 10.2. The van der Waals surface area contributed by atoms with Crippen LogP contribution in [-0.4, -0.2) is 35.9 Å². The van der Waals surface area contributed by atoms with E-state index in [4.69, 9.17) is 25.5 Å². The fourth-order valence-corrected chi connectivity index (χ4v) is 4.18. The average Bonchev–Trinajstić information content (AvgIpc) is 3.35. The van der Waals surface area contributed by atoms with Gasteiger partial charge in [0, 0.05) is 11.1 Å². The molecule has 4 rings (SSSR count). The van der Waals surface area contributed by atoms with Crippen LogP contribution >= 0.6 is 11.6 Å². The molecular formula is C25H22ClNO6. The number of methoxy groups -OCH3 is 2. The topological polar surface area (TPSA) is 89.2 Å². The van der Waals surface area contributed by atoms with Crippen LogP contribution in [0.1, 0.15) is 28.7 Å². The lowest BCUT2D eigenvalue weighted by Gasteiger charge is -2.24. The fourth-order valence-electron chi connectivity index (χ4n) is 3.93. The molecule has 170 valence electrons. The number of carbonyl (C=O) groups is 2. The van der Waals surface area contributed by atoms with Crippen molar-refractivity contribution in [3.05, 3.63) is 87.8 Å². The van der Waals surface area contributed by atoms with E-state index in [1.165, 1.54) is 25.2 Å². The van der Waals surface area contributed by atoms with Crippen LogP contribution in [0.3, 0.4) is 0 Å². The lowest BCUT2D eigenvalue weighted by atomic mass is 9.99. The quantitative estimate of drug-likeness (QED) is 0.316. The minimum atomic E-state index is -0.926. The second-order valence-electron chi connectivity index (χ2n) is 7.54. The summed E-state index contributed by atoms with van der Waals surface area (Å²) < 4.78 is 16.4. The molecule has 1 atom stereocenters. The number of carbonyl (C=O) groups excluding carboxylic acids is 2. The third-order valence-electron chi connectivity index (χ3n) is 5.53. The standard InChI is InChI=1S/C25H22ClNO6/c1-14-8-10-20(33-14)22-21(23(28)15-9-11-19(32-3)17(26)12-15)24(29)25(30)27(22)13-16-6-4-5-7-18(16)31-2/h4-12,22,28H,13H2,1-3H3/b23-21+. The number of ether oxygens (including phenoxy) is 2. The van der Waals surface area contributed by atoms with Gasteiger partial charge < -0.3 is 23.9 Å². The van der Waals surface area contributed by atoms with Crippen molar-refractivity contribution in [3.8, 4) is 11.5 Å². The molecule has 3 aromatic rings. The van der Waals surface area contributed by atoms with Gasteiger partial charge in [-0.3, -0.25) is 9.59 Å². The van der Waals surface area contributed by atoms with Crippen LogP contribution in [-0.2, 0) is 16.1 Å². The molecule has 0 spiro atoms. The Kier molecular flexibility index (Phi) is 6.16. The van der Waals surface area contributed by atoms with E-state index in [-0.39, 0.29) is 28.5 Å². The number of hydrogen-bond donors (Lipinski definition) is 1. The molecule has 33 heavy (non-hydrogen) atoms. The molecule has 7 nitrogen and oxygen atoms in total. The van der Waals surface area contributed by atoms with E-state index < -0.39 is 17.7 Å². The number of halogens is 1. The molecule has 8 heteroatoms. The first-order valence-corrected chi connectivity index (χ1v) is 10.5. The number of nitrogens with zero attached hydrogens (tertiary/aromatic N) is 1. The number of likely N-dealkylation sites (tertiary alicyclic amines) is 1. The van der Waals surface area contributed by atoms with Crippen molar-refractivity contribution in [2.24, 2.45) is 0 Å². The van der Waals surface area contributed by atoms with Gasteiger partial charge in [-0.15, -0.1) is 0 Å². The van der Waals surface area contributed by atoms with E-state index in [9.17, 15) is 14.7 Å². The van der Waals surface area contributed by atoms with Gasteiger partial charge in [-0.05, 0) is 43.3 Å². The van der Waals surface area contributed by atoms with Gasteiger partial charge in [0.1, 0.15) is 34.8 Å². The summed E-state index contributed by atoms with van der Waals surface area (Å²) in [5.74, 6) is 0.0656. The number of aliphatic hydroxyl groups excluding tert-OH is 1. The number of aliphatic hydroxyl groups is 1. The van der Waals surface area contributed by atoms with Gasteiger partial charge in [-0.1, -0.05) is 29.8 Å². The van der Waals surface area contributed by atoms with Crippen LogP contribution in [0.25, 0.3) is 5.76 Å². The normalized spacial score (nSPS) is 17.5. The summed E-state index contributed by atoms with van der Waals surface area (Å²) >= 11 is 6.22. The molecular weight excluding hydrogens is 446 g/mol. The fraction of sp³-hybridized carbons (Fsp3) is 0.200. The molecule has 0 aliphatic carbocycles. The zero-order valence-electron chi connectivity index (χ0n) is 18.3. The number of Topliss-reactive ketones (excluding diaryl/α,β-unsaturated/α-hetero) is 1. The molecule has 1 fully saturated rings. The van der Waals surface area contributed by atoms with Crippen LogP contribution < -0.4 is 9.47 Å². The summed E-state index contributed by atoms with van der Waals surface area (Å²) in [7, 11) is 3.01. The van der Waals surface area contributed by atoms with Gasteiger partial charge >= 0.3 is 0 Å².